The van der Waals surface area contributed by atoms with Crippen molar-refractivity contribution in [3.63, 3.8) is 0 Å². The number of para-hydroxylation sites is 2. The summed E-state index contributed by atoms with van der Waals surface area (Å²) in [5.74, 6) is -0.355. The molecule has 3 amide bonds. The van der Waals surface area contributed by atoms with Crippen LogP contribution in [0.5, 0.6) is 11.5 Å². The van der Waals surface area contributed by atoms with Gasteiger partial charge in [-0.2, -0.15) is 0 Å². The van der Waals surface area contributed by atoms with E-state index in [9.17, 15) is 19.2 Å². The van der Waals surface area contributed by atoms with Crippen molar-refractivity contribution in [1.82, 2.24) is 4.98 Å². The Morgan fingerprint density at radius 1 is 0.913 bits per heavy atom. The molecule has 3 heterocycles. The van der Waals surface area contributed by atoms with Crippen molar-refractivity contribution in [2.75, 3.05) is 23.4 Å². The minimum absolute atomic E-state index is 0.00108. The van der Waals surface area contributed by atoms with Crippen LogP contribution in [-0.2, 0) is 14.4 Å². The Labute approximate surface area is 273 Å². The van der Waals surface area contributed by atoms with Crippen molar-refractivity contribution in [2.24, 2.45) is 29.6 Å². The zero-order valence-corrected chi connectivity index (χ0v) is 26.5. The predicted molar refractivity (Wildman–Crippen MR) is 176 cm³/mol. The van der Waals surface area contributed by atoms with E-state index in [-0.39, 0.29) is 70.0 Å². The van der Waals surface area contributed by atoms with Gasteiger partial charge in [-0.3, -0.25) is 24.1 Å². The fourth-order valence-corrected chi connectivity index (χ4v) is 11.1. The third kappa shape index (κ3) is 4.67. The molecule has 4 aromatic rings. The number of aromatic amines is 1. The number of ether oxygens (including phenoxy) is 2. The van der Waals surface area contributed by atoms with Crippen LogP contribution in [0.4, 0.5) is 11.4 Å². The van der Waals surface area contributed by atoms with Crippen LogP contribution in [-0.4, -0.2) is 41.2 Å². The Morgan fingerprint density at radius 2 is 1.63 bits per heavy atom. The number of imide groups is 1. The van der Waals surface area contributed by atoms with Gasteiger partial charge in [-0.1, -0.05) is 53.8 Å². The molecule has 1 aromatic heterocycles. The Balaban J connectivity index is 1.11. The number of nitrogens with one attached hydrogen (secondary N) is 2. The molecule has 8 rings (SSSR count). The number of aromatic nitrogens is 1. The van der Waals surface area contributed by atoms with Gasteiger partial charge in [-0.25, -0.2) is 0 Å². The maximum atomic E-state index is 14.0. The number of rotatable bonds is 8. The maximum absolute atomic E-state index is 14.0. The molecule has 3 aromatic carbocycles. The highest BCUT2D eigenvalue weighted by Crippen LogP contribution is 2.68. The number of H-pyrrole nitrogens is 1. The van der Waals surface area contributed by atoms with Gasteiger partial charge in [-0.15, -0.1) is 11.8 Å². The molecule has 0 radical (unpaired) electrons. The zero-order valence-electron chi connectivity index (χ0n) is 24.9. The molecule has 6 unspecified atom stereocenters. The van der Waals surface area contributed by atoms with Crippen molar-refractivity contribution in [2.45, 2.75) is 29.5 Å². The lowest BCUT2D eigenvalue weighted by molar-refractivity contribution is -0.123. The first-order valence-electron chi connectivity index (χ1n) is 15.5. The number of anilines is 2. The Morgan fingerprint density at radius 3 is 2.37 bits per heavy atom. The first-order chi connectivity index (χ1) is 22.4. The lowest BCUT2D eigenvalue weighted by atomic mass is 9.68. The molecule has 234 valence electrons. The molecule has 4 aliphatic rings. The number of thiazole rings is 1. The number of hydrogen-bond donors (Lipinski definition) is 2. The third-order valence-corrected chi connectivity index (χ3v) is 12.4. The third-order valence-electron chi connectivity index (χ3n) is 9.78. The average Bonchev–Trinajstić information content (AvgIpc) is 3.80. The largest absolute Gasteiger partial charge is 0.490 e. The number of thioether (sulfide) groups is 1. The second-order valence-electron chi connectivity index (χ2n) is 12.1. The number of nitrogens with zero attached hydrogens (tertiary/aromatic N) is 1. The highest BCUT2D eigenvalue weighted by molar-refractivity contribution is 8.00. The molecule has 1 saturated heterocycles. The lowest BCUT2D eigenvalue weighted by Gasteiger charge is -2.43. The first-order valence-corrected chi connectivity index (χ1v) is 17.2. The van der Waals surface area contributed by atoms with Crippen molar-refractivity contribution in [1.29, 1.82) is 0 Å². The molecule has 2 saturated carbocycles. The number of fused-ring (bicyclic) bond motifs is 9. The van der Waals surface area contributed by atoms with Crippen LogP contribution in [0.15, 0.2) is 88.7 Å². The number of benzene rings is 3. The molecule has 0 spiro atoms. The zero-order chi connectivity index (χ0) is 31.5. The number of hydrogen-bond acceptors (Lipinski definition) is 8. The van der Waals surface area contributed by atoms with Gasteiger partial charge in [0, 0.05) is 21.7 Å². The Bertz CT molecular complexity index is 1890. The molecule has 46 heavy (non-hydrogen) atoms. The van der Waals surface area contributed by atoms with Gasteiger partial charge in [0.2, 0.25) is 11.8 Å². The smallest absolute Gasteiger partial charge is 0.305 e. The molecule has 9 nitrogen and oxygen atoms in total. The highest BCUT2D eigenvalue weighted by atomic mass is 32.2. The normalized spacial score (nSPS) is 27.2. The monoisotopic (exact) mass is 653 g/mol. The van der Waals surface area contributed by atoms with Crippen LogP contribution in [0.3, 0.4) is 0 Å². The van der Waals surface area contributed by atoms with E-state index < -0.39 is 0 Å². The van der Waals surface area contributed by atoms with E-state index in [0.29, 0.717) is 29.5 Å². The van der Waals surface area contributed by atoms with Crippen LogP contribution < -0.4 is 24.6 Å². The average molecular weight is 654 g/mol. The van der Waals surface area contributed by atoms with Gasteiger partial charge in [0.15, 0.2) is 18.1 Å². The highest BCUT2D eigenvalue weighted by Gasteiger charge is 2.69. The van der Waals surface area contributed by atoms with Gasteiger partial charge < -0.3 is 19.8 Å². The van der Waals surface area contributed by atoms with Crippen molar-refractivity contribution >= 4 is 52.2 Å². The molecular formula is C35H31N3O6S2. The summed E-state index contributed by atoms with van der Waals surface area (Å²) in [7, 11) is 0. The maximum Gasteiger partial charge on any atom is 0.305 e. The number of carbonyl (C=O) groups excluding carboxylic acids is 3. The van der Waals surface area contributed by atoms with Crippen molar-refractivity contribution < 1.29 is 23.9 Å². The molecule has 2 bridgehead atoms. The van der Waals surface area contributed by atoms with Crippen molar-refractivity contribution in [3.8, 4) is 11.5 Å². The number of amides is 3. The van der Waals surface area contributed by atoms with Crippen LogP contribution in [0.25, 0.3) is 0 Å². The van der Waals surface area contributed by atoms with Crippen LogP contribution in [0.1, 0.15) is 29.7 Å². The van der Waals surface area contributed by atoms with Crippen LogP contribution in [0, 0.1) is 29.6 Å². The second kappa shape index (κ2) is 11.5. The summed E-state index contributed by atoms with van der Waals surface area (Å²) < 4.78 is 11.9. The Hall–Kier alpha value is -4.35. The van der Waals surface area contributed by atoms with Gasteiger partial charge >= 0.3 is 4.87 Å². The van der Waals surface area contributed by atoms with Crippen LogP contribution in [0.2, 0.25) is 0 Å². The Kier molecular flexibility index (Phi) is 7.25. The van der Waals surface area contributed by atoms with E-state index in [0.717, 1.165) is 21.9 Å². The van der Waals surface area contributed by atoms with Crippen LogP contribution >= 0.6 is 23.1 Å². The summed E-state index contributed by atoms with van der Waals surface area (Å²) in [5, 5.41) is 3.75. The summed E-state index contributed by atoms with van der Waals surface area (Å²) in [5.41, 5.74) is 2.26. The summed E-state index contributed by atoms with van der Waals surface area (Å²) in [6.07, 6.45) is 0.809. The summed E-state index contributed by atoms with van der Waals surface area (Å²) >= 11 is 2.87. The van der Waals surface area contributed by atoms with E-state index in [1.165, 1.54) is 16.2 Å². The molecule has 2 aliphatic carbocycles. The SMILES string of the molecule is CCOc1cc([C@H]2c3sc(=O)[nH]c3SC3C4CC(C5C(=O)N(c6ccccc6)C(=O)C45)C32)ccc1OCC(=O)Nc1ccccc1. The van der Waals surface area contributed by atoms with Crippen molar-refractivity contribution in [3.05, 3.63) is 99.0 Å². The molecule has 2 aliphatic heterocycles. The first kappa shape index (κ1) is 29.1. The van der Waals surface area contributed by atoms with Gasteiger partial charge in [-0.05, 0) is 73.1 Å². The van der Waals surface area contributed by atoms with E-state index in [2.05, 4.69) is 10.3 Å². The molecule has 2 N–H and O–H groups in total. The second-order valence-corrected chi connectivity index (χ2v) is 14.4. The standard InChI is InChI=1S/C35H31N3O6S2/c1-2-43-24-15-18(13-14-23(24)44-17-25(39)36-19-9-5-3-6-10-19)26-27-21-16-22(30(27)45-32-31(26)46-35(42)37-32)29-28(21)33(40)38(34(29)41)20-11-7-4-8-12-20/h3-15,21-22,26-30H,2,16-17H2,1H3,(H,36,39)(H,37,42)/t21?,22?,26-,27?,28?,29?,30?/m1/s1. The summed E-state index contributed by atoms with van der Waals surface area (Å²) in [6, 6.07) is 24.1. The summed E-state index contributed by atoms with van der Waals surface area (Å²) in [4.78, 5) is 58.3. The molecule has 7 atom stereocenters. The van der Waals surface area contributed by atoms with Gasteiger partial charge in [0.1, 0.15) is 0 Å². The minimum Gasteiger partial charge on any atom is -0.490 e. The minimum atomic E-state index is -0.378. The van der Waals surface area contributed by atoms with E-state index in [4.69, 9.17) is 9.47 Å². The molecule has 3 fully saturated rings. The quantitative estimate of drug-likeness (QED) is 0.240. The fourth-order valence-electron chi connectivity index (χ4n) is 8.19. The van der Waals surface area contributed by atoms with Gasteiger partial charge in [0.05, 0.1) is 29.2 Å². The van der Waals surface area contributed by atoms with E-state index in [1.807, 2.05) is 85.8 Å². The van der Waals surface area contributed by atoms with Gasteiger partial charge in [0.25, 0.3) is 5.91 Å². The number of carbonyl (C=O) groups is 3. The lowest BCUT2D eigenvalue weighted by Crippen LogP contribution is -2.42. The summed E-state index contributed by atoms with van der Waals surface area (Å²) in [6.45, 7) is 2.09. The van der Waals surface area contributed by atoms with E-state index >= 15 is 0 Å². The predicted octanol–water partition coefficient (Wildman–Crippen LogP) is 5.53. The fraction of sp³-hybridized carbons (Fsp3) is 0.314. The topological polar surface area (TPSA) is 118 Å². The molecule has 11 heteroatoms. The molecular weight excluding hydrogens is 623 g/mol. The van der Waals surface area contributed by atoms with E-state index in [1.54, 1.807) is 11.8 Å².